The van der Waals surface area contributed by atoms with Crippen molar-refractivity contribution in [2.45, 2.75) is 140 Å². The molecule has 1 aliphatic heterocycles. The second kappa shape index (κ2) is 27.1. The van der Waals surface area contributed by atoms with Gasteiger partial charge in [-0.1, -0.05) is 168 Å². The van der Waals surface area contributed by atoms with Crippen LogP contribution in [0.2, 0.25) is 0 Å². The first kappa shape index (κ1) is 65.2. The average molecular weight is 1220 g/mol. The van der Waals surface area contributed by atoms with Gasteiger partial charge in [-0.3, -0.25) is 9.59 Å². The Kier molecular flexibility index (Phi) is 20.5. The molecule has 16 nitrogen and oxygen atoms in total. The molecule has 0 atom stereocenters. The number of nitrogens with one attached hydrogen (secondary N) is 2. The first-order valence-corrected chi connectivity index (χ1v) is 32.2. The minimum absolute atomic E-state index is 0.0845. The predicted molar refractivity (Wildman–Crippen MR) is 331 cm³/mol. The molecule has 0 saturated heterocycles. The molecule has 2 amide bonds. The Bertz CT molecular complexity index is 3380. The second-order valence-electron chi connectivity index (χ2n) is 26.0. The number of carbonyl (C=O) groups excluding carboxylic acids is 2. The number of amides is 2. The van der Waals surface area contributed by atoms with Crippen LogP contribution in [-0.2, 0) is 96.2 Å². The zero-order chi connectivity index (χ0) is 62.2. The Morgan fingerprint density at radius 1 is 0.395 bits per heavy atom. The lowest BCUT2D eigenvalue weighted by Crippen LogP contribution is -2.34. The van der Waals surface area contributed by atoms with Crippen LogP contribution >= 0.6 is 0 Å². The molecule has 462 valence electrons. The van der Waals surface area contributed by atoms with Gasteiger partial charge in [-0.15, -0.1) is 0 Å². The highest BCUT2D eigenvalue weighted by molar-refractivity contribution is 7.90. The summed E-state index contributed by atoms with van der Waals surface area (Å²) < 4.78 is 98.4. The van der Waals surface area contributed by atoms with Crippen molar-refractivity contribution in [1.82, 2.24) is 9.44 Å². The standard InChI is InChI=1S/C68H84N2O14S2/c1-65(2,3)53-35-45-31-46-36-54(66(4,5)6)38-48-33-50-40-56(68(10,11)12)42-52(64(50)82-44-60(72)70-86(75,76)58-21-17-14-18-22-58)34-51-41-55(67(7,8)9)39-49(63(51)81-43-59(71)69-85(73,74)57-19-15-13-16-20-57)32-47(37-53)61(45)79-27-23-77-25-29-83-84-30-26-78-24-28-80-62(46)48/h13-22,35-42H,23-34,43-44H2,1-12H3,(H,69,71)(H,70,72). The highest BCUT2D eigenvalue weighted by atomic mass is 32.2. The van der Waals surface area contributed by atoms with Gasteiger partial charge in [0.05, 0.1) is 36.2 Å². The third-order valence-corrected chi connectivity index (χ3v) is 17.7. The maximum Gasteiger partial charge on any atom is 0.271 e. The van der Waals surface area contributed by atoms with Crippen LogP contribution in [0.4, 0.5) is 0 Å². The molecule has 10 bridgehead atoms. The van der Waals surface area contributed by atoms with Gasteiger partial charge in [0, 0.05) is 25.7 Å². The molecular formula is C68H84N2O14S2. The van der Waals surface area contributed by atoms with Crippen molar-refractivity contribution in [1.29, 1.82) is 0 Å². The van der Waals surface area contributed by atoms with Crippen molar-refractivity contribution < 1.29 is 64.6 Å². The van der Waals surface area contributed by atoms with Gasteiger partial charge in [-0.25, -0.2) is 36.1 Å². The Balaban J connectivity index is 1.43. The average Bonchev–Trinajstić information content (AvgIpc) is 0.950. The fourth-order valence-corrected chi connectivity index (χ4v) is 12.2. The molecule has 2 aliphatic rings. The molecule has 0 radical (unpaired) electrons. The van der Waals surface area contributed by atoms with Gasteiger partial charge in [0.1, 0.15) is 49.4 Å². The molecule has 18 heteroatoms. The van der Waals surface area contributed by atoms with Gasteiger partial charge in [0.15, 0.2) is 13.2 Å². The maximum absolute atomic E-state index is 14.1. The van der Waals surface area contributed by atoms with Gasteiger partial charge in [-0.05, 0) is 113 Å². The largest absolute Gasteiger partial charge is 0.491 e. The summed E-state index contributed by atoms with van der Waals surface area (Å²) in [7, 11) is -8.57. The van der Waals surface area contributed by atoms with Crippen molar-refractivity contribution in [3.63, 3.8) is 0 Å². The molecular weight excluding hydrogens is 1130 g/mol. The smallest absolute Gasteiger partial charge is 0.271 e. The fraction of sp³-hybridized carbons (Fsp3) is 0.441. The van der Waals surface area contributed by atoms with E-state index in [0.29, 0.717) is 51.7 Å². The summed E-state index contributed by atoms with van der Waals surface area (Å²) in [6.07, 6.45) is 0.882. The third kappa shape index (κ3) is 17.0. The molecule has 0 fully saturated rings. The molecule has 1 aliphatic carbocycles. The molecule has 6 aromatic rings. The van der Waals surface area contributed by atoms with Gasteiger partial charge in [0.2, 0.25) is 0 Å². The molecule has 6 aromatic carbocycles. The molecule has 0 unspecified atom stereocenters. The van der Waals surface area contributed by atoms with Crippen LogP contribution in [0.1, 0.15) is 150 Å². The van der Waals surface area contributed by atoms with E-state index < -0.39 is 55.9 Å². The van der Waals surface area contributed by atoms with Crippen molar-refractivity contribution in [2.24, 2.45) is 0 Å². The highest BCUT2D eigenvalue weighted by Gasteiger charge is 2.31. The highest BCUT2D eigenvalue weighted by Crippen LogP contribution is 2.44. The topological polar surface area (TPSA) is 200 Å². The van der Waals surface area contributed by atoms with Crippen LogP contribution < -0.4 is 28.4 Å². The van der Waals surface area contributed by atoms with E-state index in [2.05, 4.69) is 129 Å². The van der Waals surface area contributed by atoms with Crippen molar-refractivity contribution in [2.75, 3.05) is 66.1 Å². The summed E-state index contributed by atoms with van der Waals surface area (Å²) in [5.74, 6) is 0.119. The number of carbonyl (C=O) groups is 2. The van der Waals surface area contributed by atoms with Crippen LogP contribution in [0.5, 0.6) is 23.0 Å². The number of sulfonamides is 2. The number of rotatable bonds is 10. The van der Waals surface area contributed by atoms with E-state index in [4.69, 9.17) is 38.2 Å². The number of hydrogen-bond donors (Lipinski definition) is 2. The summed E-state index contributed by atoms with van der Waals surface area (Å²) in [5.41, 5.74) is 8.33. The summed E-state index contributed by atoms with van der Waals surface area (Å²) in [4.78, 5) is 38.7. The molecule has 1 heterocycles. The fourth-order valence-electron chi connectivity index (χ4n) is 10.2. The van der Waals surface area contributed by atoms with Crippen LogP contribution in [-0.4, -0.2) is 94.7 Å². The van der Waals surface area contributed by atoms with E-state index >= 15 is 0 Å². The van der Waals surface area contributed by atoms with E-state index in [9.17, 15) is 26.4 Å². The zero-order valence-corrected chi connectivity index (χ0v) is 53.5. The van der Waals surface area contributed by atoms with Gasteiger partial charge >= 0.3 is 0 Å². The first-order valence-electron chi connectivity index (χ1n) is 29.2. The Morgan fingerprint density at radius 3 is 0.965 bits per heavy atom. The minimum atomic E-state index is -4.29. The number of fused-ring (bicyclic) bond motifs is 4. The van der Waals surface area contributed by atoms with E-state index in [1.165, 1.54) is 24.3 Å². The molecule has 2 N–H and O–H groups in total. The molecule has 8 rings (SSSR count). The summed E-state index contributed by atoms with van der Waals surface area (Å²) in [6.45, 7) is 26.0. The molecule has 86 heavy (non-hydrogen) atoms. The van der Waals surface area contributed by atoms with Gasteiger partial charge in [-0.2, -0.15) is 0 Å². The van der Waals surface area contributed by atoms with E-state index in [0.717, 1.165) is 44.5 Å². The van der Waals surface area contributed by atoms with Crippen molar-refractivity contribution in [3.05, 3.63) is 176 Å². The SMILES string of the molecule is CC(C)(C)c1cc2c3c(c1)Cc1cc(C(C)(C)C)cc(c1OCC(=O)NS(=O)(=O)c1ccccc1)Cc1cc(C(C)(C)C)cc(c1OCC(=O)NS(=O)(=O)c1ccccc1)Cc1cc(C(C)(C)C)cc(c1OCCOCCOOCCOCCO3)C2. The number of hydrogen-bond acceptors (Lipinski definition) is 14. The summed E-state index contributed by atoms with van der Waals surface area (Å²) >= 11 is 0. The summed E-state index contributed by atoms with van der Waals surface area (Å²) in [5, 5.41) is 0. The van der Waals surface area contributed by atoms with Gasteiger partial charge in [0.25, 0.3) is 31.9 Å². The van der Waals surface area contributed by atoms with E-state index in [1.54, 1.807) is 36.4 Å². The first-order chi connectivity index (χ1) is 40.5. The van der Waals surface area contributed by atoms with Crippen LogP contribution in [0.15, 0.2) is 119 Å². The Hall–Kier alpha value is -6.80. The Morgan fingerprint density at radius 2 is 0.663 bits per heavy atom. The van der Waals surface area contributed by atoms with Crippen LogP contribution in [0, 0.1) is 0 Å². The monoisotopic (exact) mass is 1220 g/mol. The van der Waals surface area contributed by atoms with Crippen molar-refractivity contribution >= 4 is 31.9 Å². The second-order valence-corrected chi connectivity index (χ2v) is 29.4. The minimum Gasteiger partial charge on any atom is -0.491 e. The molecule has 0 aromatic heterocycles. The van der Waals surface area contributed by atoms with Gasteiger partial charge < -0.3 is 28.4 Å². The maximum atomic E-state index is 14.1. The molecule has 0 saturated carbocycles. The predicted octanol–water partition coefficient (Wildman–Crippen LogP) is 11.1. The normalized spacial score (nSPS) is 15.3. The lowest BCUT2D eigenvalue weighted by molar-refractivity contribution is -0.303. The lowest BCUT2D eigenvalue weighted by Gasteiger charge is -2.29. The molecule has 0 spiro atoms. The van der Waals surface area contributed by atoms with E-state index in [-0.39, 0.29) is 92.7 Å². The van der Waals surface area contributed by atoms with Crippen LogP contribution in [0.3, 0.4) is 0 Å². The third-order valence-electron chi connectivity index (χ3n) is 14.9. The summed E-state index contributed by atoms with van der Waals surface area (Å²) in [6, 6.07) is 32.2. The van der Waals surface area contributed by atoms with Crippen molar-refractivity contribution in [3.8, 4) is 23.0 Å². The lowest BCUT2D eigenvalue weighted by atomic mass is 9.79. The Labute approximate surface area is 508 Å². The number of ether oxygens (including phenoxy) is 6. The quantitative estimate of drug-likeness (QED) is 0.123. The van der Waals surface area contributed by atoms with Crippen LogP contribution in [0.25, 0.3) is 0 Å². The number of benzene rings is 6. The zero-order valence-electron chi connectivity index (χ0n) is 51.8. The van der Waals surface area contributed by atoms with E-state index in [1.807, 2.05) is 12.1 Å².